The van der Waals surface area contributed by atoms with Gasteiger partial charge >= 0.3 is 12.3 Å². The lowest BCUT2D eigenvalue weighted by molar-refractivity contribution is -0.274. The van der Waals surface area contributed by atoms with Crippen molar-refractivity contribution < 1.29 is 27.1 Å². The topological polar surface area (TPSA) is 120 Å². The van der Waals surface area contributed by atoms with Gasteiger partial charge in [-0.3, -0.25) is 9.48 Å². The molecule has 1 amide bonds. The predicted octanol–water partition coefficient (Wildman–Crippen LogP) is 3.75. The molecule has 0 aliphatic rings. The number of hydrogen-bond donors (Lipinski definition) is 2. The lowest BCUT2D eigenvalue weighted by Gasteiger charge is -2.10. The Morgan fingerprint density at radius 1 is 1.24 bits per heavy atom. The maximum atomic E-state index is 12.4. The summed E-state index contributed by atoms with van der Waals surface area (Å²) in [5, 5.41) is 9.64. The Bertz CT molecular complexity index is 1320. The second-order valence-corrected chi connectivity index (χ2v) is 7.11. The smallest absolute Gasteiger partial charge is 0.440 e. The number of carbonyl (C=O) groups excluding carboxylic acids is 1. The SMILES string of the molecule is Cc1cnc(Nc2ccnn2C)nc1-c1coc(C(=O)NCc2cccc(OC(F)(F)F)c2)n1. The molecule has 0 bridgehead atoms. The Morgan fingerprint density at radius 2 is 2.06 bits per heavy atom. The average Bonchev–Trinajstić information content (AvgIpc) is 3.42. The number of oxazole rings is 1. The third-order valence-corrected chi connectivity index (χ3v) is 4.56. The molecule has 3 heterocycles. The highest BCUT2D eigenvalue weighted by Gasteiger charge is 2.31. The first-order chi connectivity index (χ1) is 16.2. The monoisotopic (exact) mass is 473 g/mol. The van der Waals surface area contributed by atoms with E-state index in [9.17, 15) is 18.0 Å². The normalized spacial score (nSPS) is 11.3. The summed E-state index contributed by atoms with van der Waals surface area (Å²) in [5.74, 6) is -0.267. The Hall–Kier alpha value is -4.42. The Morgan fingerprint density at radius 3 is 2.79 bits per heavy atom. The second kappa shape index (κ2) is 9.21. The Balaban J connectivity index is 1.44. The molecule has 1 aromatic carbocycles. The maximum absolute atomic E-state index is 12.4. The van der Waals surface area contributed by atoms with Gasteiger partial charge in [-0.1, -0.05) is 12.1 Å². The third kappa shape index (κ3) is 5.49. The zero-order valence-corrected chi connectivity index (χ0v) is 17.9. The van der Waals surface area contributed by atoms with Crippen LogP contribution in [-0.2, 0) is 13.6 Å². The molecule has 176 valence electrons. The molecule has 0 unspecified atom stereocenters. The summed E-state index contributed by atoms with van der Waals surface area (Å²) in [6, 6.07) is 7.04. The van der Waals surface area contributed by atoms with Gasteiger partial charge in [0.15, 0.2) is 0 Å². The second-order valence-electron chi connectivity index (χ2n) is 7.11. The molecule has 10 nitrogen and oxygen atoms in total. The van der Waals surface area contributed by atoms with Crippen LogP contribution < -0.4 is 15.4 Å². The summed E-state index contributed by atoms with van der Waals surface area (Å²) in [5.41, 5.74) is 1.88. The number of anilines is 2. The molecule has 0 radical (unpaired) electrons. The fourth-order valence-electron chi connectivity index (χ4n) is 2.97. The van der Waals surface area contributed by atoms with Gasteiger partial charge in [0.05, 0.1) is 6.20 Å². The van der Waals surface area contributed by atoms with Crippen LogP contribution >= 0.6 is 0 Å². The van der Waals surface area contributed by atoms with Gasteiger partial charge in [0.1, 0.15) is 29.2 Å². The van der Waals surface area contributed by atoms with Gasteiger partial charge in [-0.15, -0.1) is 13.2 Å². The third-order valence-electron chi connectivity index (χ3n) is 4.56. The quantitative estimate of drug-likeness (QED) is 0.417. The van der Waals surface area contributed by atoms with E-state index in [-0.39, 0.29) is 18.2 Å². The van der Waals surface area contributed by atoms with Crippen molar-refractivity contribution >= 4 is 17.7 Å². The van der Waals surface area contributed by atoms with Crippen molar-refractivity contribution in [2.75, 3.05) is 5.32 Å². The first-order valence-electron chi connectivity index (χ1n) is 9.85. The van der Waals surface area contributed by atoms with Crippen LogP contribution in [0.25, 0.3) is 11.4 Å². The summed E-state index contributed by atoms with van der Waals surface area (Å²) >= 11 is 0. The number of rotatable bonds is 7. The van der Waals surface area contributed by atoms with Crippen molar-refractivity contribution in [1.29, 1.82) is 0 Å². The van der Waals surface area contributed by atoms with Gasteiger partial charge in [-0.2, -0.15) is 5.10 Å². The Labute approximate surface area is 190 Å². The number of carbonyl (C=O) groups is 1. The summed E-state index contributed by atoms with van der Waals surface area (Å²) in [6.07, 6.45) is -0.288. The zero-order valence-electron chi connectivity index (χ0n) is 17.9. The number of ether oxygens (including phenoxy) is 1. The largest absolute Gasteiger partial charge is 0.573 e. The van der Waals surface area contributed by atoms with Crippen LogP contribution in [0.15, 0.2) is 53.4 Å². The molecule has 3 aromatic heterocycles. The molecular weight excluding hydrogens is 455 g/mol. The van der Waals surface area contributed by atoms with Crippen molar-refractivity contribution in [3.63, 3.8) is 0 Å². The lowest BCUT2D eigenvalue weighted by Crippen LogP contribution is -2.23. The van der Waals surface area contributed by atoms with E-state index in [1.54, 1.807) is 43.2 Å². The van der Waals surface area contributed by atoms with Gasteiger partial charge in [0, 0.05) is 25.9 Å². The van der Waals surface area contributed by atoms with Crippen molar-refractivity contribution in [2.45, 2.75) is 19.8 Å². The first-order valence-corrected chi connectivity index (χ1v) is 9.85. The molecule has 4 rings (SSSR count). The highest BCUT2D eigenvalue weighted by molar-refractivity contribution is 5.90. The summed E-state index contributed by atoms with van der Waals surface area (Å²) in [6.45, 7) is 1.73. The van der Waals surface area contributed by atoms with E-state index in [4.69, 9.17) is 4.42 Å². The van der Waals surface area contributed by atoms with Crippen LogP contribution in [0, 0.1) is 6.92 Å². The number of aryl methyl sites for hydroxylation is 2. The molecule has 13 heteroatoms. The number of amides is 1. The van der Waals surface area contributed by atoms with E-state index >= 15 is 0 Å². The molecule has 34 heavy (non-hydrogen) atoms. The Kier molecular flexibility index (Phi) is 6.17. The number of aromatic nitrogens is 5. The number of benzene rings is 1. The van der Waals surface area contributed by atoms with Crippen molar-refractivity contribution in [2.24, 2.45) is 7.05 Å². The number of halogens is 3. The summed E-state index contributed by atoms with van der Waals surface area (Å²) < 4.78 is 47.9. The fraction of sp³-hybridized carbons (Fsp3) is 0.190. The van der Waals surface area contributed by atoms with Crippen LogP contribution in [0.1, 0.15) is 21.8 Å². The molecule has 4 aromatic rings. The van der Waals surface area contributed by atoms with Crippen LogP contribution in [0.5, 0.6) is 5.75 Å². The van der Waals surface area contributed by atoms with E-state index in [2.05, 4.69) is 35.4 Å². The van der Waals surface area contributed by atoms with Gasteiger partial charge in [0.25, 0.3) is 5.89 Å². The van der Waals surface area contributed by atoms with Gasteiger partial charge < -0.3 is 19.8 Å². The zero-order chi connectivity index (χ0) is 24.3. The van der Waals surface area contributed by atoms with Crippen molar-refractivity contribution in [1.82, 2.24) is 30.0 Å². The highest BCUT2D eigenvalue weighted by atomic mass is 19.4. The molecule has 0 saturated carbocycles. The van der Waals surface area contributed by atoms with E-state index in [1.807, 2.05) is 0 Å². The van der Waals surface area contributed by atoms with Gasteiger partial charge in [-0.25, -0.2) is 15.0 Å². The lowest BCUT2D eigenvalue weighted by atomic mass is 10.2. The van der Waals surface area contributed by atoms with Crippen molar-refractivity contribution in [3.8, 4) is 17.1 Å². The summed E-state index contributed by atoms with van der Waals surface area (Å²) in [7, 11) is 1.76. The van der Waals surface area contributed by atoms with Gasteiger partial charge in [-0.05, 0) is 30.2 Å². The van der Waals surface area contributed by atoms with Crippen LogP contribution in [0.4, 0.5) is 24.9 Å². The minimum atomic E-state index is -4.80. The van der Waals surface area contributed by atoms with E-state index in [0.717, 1.165) is 0 Å². The number of hydrogen-bond acceptors (Lipinski definition) is 8. The molecule has 0 spiro atoms. The number of nitrogens with one attached hydrogen (secondary N) is 2. The molecule has 0 aliphatic carbocycles. The molecular formula is C21H18F3N7O3. The molecule has 0 atom stereocenters. The molecule has 0 fully saturated rings. The highest BCUT2D eigenvalue weighted by Crippen LogP contribution is 2.24. The van der Waals surface area contributed by atoms with Crippen LogP contribution in [-0.4, -0.2) is 37.0 Å². The minimum absolute atomic E-state index is 0.0586. The molecule has 0 saturated heterocycles. The van der Waals surface area contributed by atoms with E-state index in [1.165, 1.54) is 24.5 Å². The van der Waals surface area contributed by atoms with E-state index in [0.29, 0.717) is 34.3 Å². The van der Waals surface area contributed by atoms with E-state index < -0.39 is 12.3 Å². The van der Waals surface area contributed by atoms with Crippen LogP contribution in [0.3, 0.4) is 0 Å². The number of nitrogens with zero attached hydrogens (tertiary/aromatic N) is 5. The minimum Gasteiger partial charge on any atom is -0.440 e. The maximum Gasteiger partial charge on any atom is 0.573 e. The van der Waals surface area contributed by atoms with Crippen molar-refractivity contribution in [3.05, 3.63) is 66.0 Å². The summed E-state index contributed by atoms with van der Waals surface area (Å²) in [4.78, 5) is 25.3. The molecule has 2 N–H and O–H groups in total. The predicted molar refractivity (Wildman–Crippen MR) is 113 cm³/mol. The van der Waals surface area contributed by atoms with Gasteiger partial charge in [0.2, 0.25) is 5.95 Å². The molecule has 0 aliphatic heterocycles. The standard InChI is InChI=1S/C21H18F3N7O3/c1-12-9-26-20(29-16-6-7-27-31(16)2)30-17(12)15-11-33-19(28-15)18(32)25-10-13-4-3-5-14(8-13)34-21(22,23)24/h3-9,11H,10H2,1-2H3,(H,25,32)(H,26,29,30). The average molecular weight is 473 g/mol. The first kappa shape index (κ1) is 22.8. The number of alkyl halides is 3. The fourth-order valence-corrected chi connectivity index (χ4v) is 2.97. The van der Waals surface area contributed by atoms with Crippen LogP contribution in [0.2, 0.25) is 0 Å².